The standard InChI is InChI=1S/C31H37F4NO3/c1-18(31(37)38-4)17-36-19(2)14-24-23-16-22(32)10-9-21(23)15-25(24)30(36)29-20(3)27(12-11-26(29)33)39-13-7-5-6-8-28(34)35/h9-12,16,18-19,28,30H,5-8,13-15,17H2,1-4H3/t18-,19-,30+/m1/s1. The van der Waals surface area contributed by atoms with Gasteiger partial charge in [-0.2, -0.15) is 0 Å². The highest BCUT2D eigenvalue weighted by molar-refractivity contribution is 5.79. The van der Waals surface area contributed by atoms with Crippen LogP contribution in [0.15, 0.2) is 35.9 Å². The van der Waals surface area contributed by atoms with Crippen LogP contribution in [0.2, 0.25) is 0 Å². The Labute approximate surface area is 228 Å². The number of methoxy groups -OCH3 is 1. The van der Waals surface area contributed by atoms with Gasteiger partial charge in [0.2, 0.25) is 6.43 Å². The molecule has 4 nitrogen and oxygen atoms in total. The highest BCUT2D eigenvalue weighted by atomic mass is 19.3. The number of benzene rings is 2. The maximum Gasteiger partial charge on any atom is 0.309 e. The molecule has 0 saturated carbocycles. The molecule has 0 spiro atoms. The van der Waals surface area contributed by atoms with E-state index in [9.17, 15) is 18.0 Å². The van der Waals surface area contributed by atoms with Crippen molar-refractivity contribution in [2.75, 3.05) is 20.3 Å². The molecule has 0 radical (unpaired) electrons. The number of carbonyl (C=O) groups excluding carboxylic acids is 1. The number of hydrogen-bond acceptors (Lipinski definition) is 4. The third kappa shape index (κ3) is 6.32. The Bertz CT molecular complexity index is 1230. The van der Waals surface area contributed by atoms with Crippen LogP contribution in [-0.4, -0.2) is 43.6 Å². The van der Waals surface area contributed by atoms with Gasteiger partial charge < -0.3 is 9.47 Å². The Balaban J connectivity index is 1.69. The molecule has 0 amide bonds. The molecule has 0 fully saturated rings. The lowest BCUT2D eigenvalue weighted by atomic mass is 9.83. The first-order valence-electron chi connectivity index (χ1n) is 13.7. The average molecular weight is 548 g/mol. The van der Waals surface area contributed by atoms with Gasteiger partial charge in [-0.3, -0.25) is 9.69 Å². The number of nitrogens with zero attached hydrogens (tertiary/aromatic N) is 1. The fourth-order valence-corrected chi connectivity index (χ4v) is 5.98. The first kappa shape index (κ1) is 29.1. The number of carbonyl (C=O) groups is 1. The lowest BCUT2D eigenvalue weighted by molar-refractivity contribution is -0.145. The molecule has 2 aromatic rings. The second kappa shape index (κ2) is 12.5. The summed E-state index contributed by atoms with van der Waals surface area (Å²) in [5.74, 6) is -0.901. The maximum absolute atomic E-state index is 15.8. The topological polar surface area (TPSA) is 38.8 Å². The molecule has 8 heteroatoms. The van der Waals surface area contributed by atoms with Crippen molar-refractivity contribution in [3.05, 3.63) is 69.8 Å². The SMILES string of the molecule is COC(=O)[C@H](C)CN1[C@H](C)CC2=C(Cc3ccc(F)cc32)[C@H]1c1c(F)ccc(OCCCCCC(F)F)c1C. The zero-order valence-electron chi connectivity index (χ0n) is 23.0. The molecule has 1 aliphatic carbocycles. The monoisotopic (exact) mass is 547 g/mol. The van der Waals surface area contributed by atoms with Crippen LogP contribution in [0.4, 0.5) is 17.6 Å². The summed E-state index contributed by atoms with van der Waals surface area (Å²) in [4.78, 5) is 14.5. The molecule has 1 heterocycles. The zero-order chi connectivity index (χ0) is 28.3. The summed E-state index contributed by atoms with van der Waals surface area (Å²) >= 11 is 0. The molecular weight excluding hydrogens is 510 g/mol. The fraction of sp³-hybridized carbons (Fsp3) is 0.516. The van der Waals surface area contributed by atoms with Crippen molar-refractivity contribution >= 4 is 11.5 Å². The van der Waals surface area contributed by atoms with E-state index in [-0.39, 0.29) is 30.1 Å². The Kier molecular flexibility index (Phi) is 9.36. The van der Waals surface area contributed by atoms with Crippen molar-refractivity contribution in [1.82, 2.24) is 4.90 Å². The number of halogens is 4. The van der Waals surface area contributed by atoms with Gasteiger partial charge in [0, 0.05) is 24.6 Å². The number of rotatable bonds is 11. The first-order valence-corrected chi connectivity index (χ1v) is 13.7. The number of alkyl halides is 2. The Morgan fingerprint density at radius 3 is 2.62 bits per heavy atom. The summed E-state index contributed by atoms with van der Waals surface area (Å²) in [6.07, 6.45) is 0.488. The number of esters is 1. The van der Waals surface area contributed by atoms with Gasteiger partial charge in [0.25, 0.3) is 0 Å². The first-order chi connectivity index (χ1) is 18.6. The van der Waals surface area contributed by atoms with E-state index in [1.165, 1.54) is 19.2 Å². The van der Waals surface area contributed by atoms with Crippen LogP contribution in [0.3, 0.4) is 0 Å². The van der Waals surface area contributed by atoms with Crippen molar-refractivity contribution in [1.29, 1.82) is 0 Å². The van der Waals surface area contributed by atoms with E-state index in [1.807, 2.05) is 13.8 Å². The number of unbranched alkanes of at least 4 members (excludes halogenated alkanes) is 2. The second-order valence-electron chi connectivity index (χ2n) is 10.7. The maximum atomic E-state index is 15.8. The molecule has 4 rings (SSSR count). The van der Waals surface area contributed by atoms with Gasteiger partial charge in [-0.25, -0.2) is 17.6 Å². The zero-order valence-corrected chi connectivity index (χ0v) is 23.0. The van der Waals surface area contributed by atoms with Crippen LogP contribution in [-0.2, 0) is 16.0 Å². The van der Waals surface area contributed by atoms with E-state index < -0.39 is 18.4 Å². The van der Waals surface area contributed by atoms with E-state index in [0.717, 1.165) is 22.3 Å². The van der Waals surface area contributed by atoms with E-state index in [0.29, 0.717) is 62.1 Å². The van der Waals surface area contributed by atoms with Crippen LogP contribution in [0.1, 0.15) is 74.2 Å². The molecule has 0 unspecified atom stereocenters. The minimum atomic E-state index is -2.30. The molecule has 0 N–H and O–H groups in total. The fourth-order valence-electron chi connectivity index (χ4n) is 5.98. The number of hydrogen-bond donors (Lipinski definition) is 0. The minimum Gasteiger partial charge on any atom is -0.493 e. The number of ether oxygens (including phenoxy) is 2. The molecule has 0 saturated heterocycles. The molecule has 0 bridgehead atoms. The van der Waals surface area contributed by atoms with Crippen LogP contribution >= 0.6 is 0 Å². The quantitative estimate of drug-likeness (QED) is 0.167. The Hall–Kier alpha value is -2.87. The highest BCUT2D eigenvalue weighted by Crippen LogP contribution is 2.50. The van der Waals surface area contributed by atoms with Gasteiger partial charge in [-0.15, -0.1) is 0 Å². The molecule has 1 aliphatic heterocycles. The summed E-state index contributed by atoms with van der Waals surface area (Å²) in [7, 11) is 1.36. The summed E-state index contributed by atoms with van der Waals surface area (Å²) in [5.41, 5.74) is 5.07. The van der Waals surface area contributed by atoms with E-state index in [1.54, 1.807) is 25.1 Å². The van der Waals surface area contributed by atoms with Gasteiger partial charge in [0.05, 0.1) is 25.7 Å². The molecule has 2 aromatic carbocycles. The molecule has 0 aromatic heterocycles. The van der Waals surface area contributed by atoms with E-state index in [4.69, 9.17) is 9.47 Å². The van der Waals surface area contributed by atoms with Gasteiger partial charge in [-0.1, -0.05) is 13.0 Å². The van der Waals surface area contributed by atoms with E-state index >= 15 is 4.39 Å². The molecule has 2 aliphatic rings. The highest BCUT2D eigenvalue weighted by Gasteiger charge is 2.42. The summed E-state index contributed by atoms with van der Waals surface area (Å²) in [6, 6.07) is 7.30. The lowest BCUT2D eigenvalue weighted by Crippen LogP contribution is -2.45. The lowest BCUT2D eigenvalue weighted by Gasteiger charge is -2.43. The minimum absolute atomic E-state index is 0.0479. The van der Waals surface area contributed by atoms with Crippen molar-refractivity contribution < 1.29 is 31.8 Å². The molecule has 212 valence electrons. The second-order valence-corrected chi connectivity index (χ2v) is 10.7. The Morgan fingerprint density at radius 1 is 1.13 bits per heavy atom. The Morgan fingerprint density at radius 2 is 1.90 bits per heavy atom. The van der Waals surface area contributed by atoms with Gasteiger partial charge >= 0.3 is 5.97 Å². The van der Waals surface area contributed by atoms with Crippen molar-refractivity contribution in [3.63, 3.8) is 0 Å². The summed E-state index contributed by atoms with van der Waals surface area (Å²) in [5, 5.41) is 0. The van der Waals surface area contributed by atoms with Crippen LogP contribution in [0.5, 0.6) is 5.75 Å². The van der Waals surface area contributed by atoms with Crippen molar-refractivity contribution in [2.24, 2.45) is 5.92 Å². The third-order valence-electron chi connectivity index (χ3n) is 7.99. The van der Waals surface area contributed by atoms with Crippen LogP contribution < -0.4 is 4.74 Å². The van der Waals surface area contributed by atoms with Crippen LogP contribution in [0, 0.1) is 24.5 Å². The largest absolute Gasteiger partial charge is 0.493 e. The molecular formula is C31H37F4NO3. The third-order valence-corrected chi connectivity index (χ3v) is 7.99. The summed E-state index contributed by atoms with van der Waals surface area (Å²) in [6.45, 7) is 6.39. The van der Waals surface area contributed by atoms with Gasteiger partial charge in [0.1, 0.15) is 17.4 Å². The predicted molar refractivity (Wildman–Crippen MR) is 143 cm³/mol. The smallest absolute Gasteiger partial charge is 0.309 e. The van der Waals surface area contributed by atoms with Crippen LogP contribution in [0.25, 0.3) is 5.57 Å². The summed E-state index contributed by atoms with van der Waals surface area (Å²) < 4.78 is 65.8. The van der Waals surface area contributed by atoms with E-state index in [2.05, 4.69) is 4.90 Å². The molecule has 3 atom stereocenters. The predicted octanol–water partition coefficient (Wildman–Crippen LogP) is 7.43. The number of fused-ring (bicyclic) bond motifs is 2. The van der Waals surface area contributed by atoms with Crippen molar-refractivity contribution in [2.45, 2.75) is 77.8 Å². The molecule has 39 heavy (non-hydrogen) atoms. The van der Waals surface area contributed by atoms with Gasteiger partial charge in [0.15, 0.2) is 0 Å². The average Bonchev–Trinajstić information content (AvgIpc) is 3.25. The van der Waals surface area contributed by atoms with Crippen molar-refractivity contribution in [3.8, 4) is 5.75 Å². The van der Waals surface area contributed by atoms with Gasteiger partial charge in [-0.05, 0) is 98.1 Å². The normalized spacial score (nSPS) is 19.7.